The zero-order valence-electron chi connectivity index (χ0n) is 20.9. The summed E-state index contributed by atoms with van der Waals surface area (Å²) in [5, 5.41) is 14.9. The number of anilines is 1. The molecule has 0 saturated heterocycles. The Labute approximate surface area is 215 Å². The molecule has 2 N–H and O–H groups in total. The van der Waals surface area contributed by atoms with Crippen LogP contribution in [0.4, 0.5) is 5.69 Å². The first-order valence-electron chi connectivity index (χ1n) is 11.8. The molecule has 10 heteroatoms. The van der Waals surface area contributed by atoms with E-state index in [0.717, 1.165) is 12.0 Å². The number of ether oxygens (including phenoxy) is 1. The highest BCUT2D eigenvalue weighted by Gasteiger charge is 2.21. The Hall–Kier alpha value is -3.66. The summed E-state index contributed by atoms with van der Waals surface area (Å²) in [7, 11) is 0. The minimum absolute atomic E-state index is 0.104. The van der Waals surface area contributed by atoms with Crippen LogP contribution in [0.2, 0.25) is 0 Å². The molecule has 1 aromatic heterocycles. The lowest BCUT2D eigenvalue weighted by Gasteiger charge is -2.16. The molecule has 0 radical (unpaired) electrons. The Kier molecular flexibility index (Phi) is 9.63. The first kappa shape index (κ1) is 26.9. The number of thioether (sulfide) groups is 1. The maximum Gasteiger partial charge on any atom is 0.338 e. The molecule has 2 aromatic carbocycles. The van der Waals surface area contributed by atoms with Gasteiger partial charge in [-0.05, 0) is 57.0 Å². The number of carbonyl (C=O) groups excluding carboxylic acids is 3. The van der Waals surface area contributed by atoms with Crippen LogP contribution in [0.15, 0.2) is 53.7 Å². The molecule has 1 atom stereocenters. The average molecular weight is 510 g/mol. The highest BCUT2D eigenvalue weighted by Crippen LogP contribution is 2.22. The lowest BCUT2D eigenvalue weighted by atomic mass is 10.1. The number of nitrogens with one attached hydrogen (secondary N) is 2. The molecule has 0 fully saturated rings. The smallest absolute Gasteiger partial charge is 0.338 e. The Bertz CT molecular complexity index is 1230. The molecule has 0 aliphatic heterocycles. The zero-order valence-corrected chi connectivity index (χ0v) is 21.7. The number of nitrogens with zero attached hydrogens (tertiary/aromatic N) is 3. The lowest BCUT2D eigenvalue weighted by Crippen LogP contribution is -2.29. The SMILES string of the molecule is CCCOC(=O)c1cccc(NC(=O)CSc2nnc([C@H](C)NC(=O)c3ccccc3C)n2CC)c1. The van der Waals surface area contributed by atoms with Crippen molar-refractivity contribution in [1.82, 2.24) is 20.1 Å². The Morgan fingerprint density at radius 2 is 1.86 bits per heavy atom. The van der Waals surface area contributed by atoms with Crippen LogP contribution in [-0.2, 0) is 16.1 Å². The second-order valence-electron chi connectivity index (χ2n) is 8.15. The summed E-state index contributed by atoms with van der Waals surface area (Å²) >= 11 is 1.25. The minimum Gasteiger partial charge on any atom is -0.462 e. The number of aromatic nitrogens is 3. The topological polar surface area (TPSA) is 115 Å². The molecule has 36 heavy (non-hydrogen) atoms. The minimum atomic E-state index is -0.422. The highest BCUT2D eigenvalue weighted by atomic mass is 32.2. The molecule has 0 saturated carbocycles. The second-order valence-corrected chi connectivity index (χ2v) is 9.09. The zero-order chi connectivity index (χ0) is 26.1. The monoisotopic (exact) mass is 509 g/mol. The van der Waals surface area contributed by atoms with Crippen LogP contribution in [0.5, 0.6) is 0 Å². The van der Waals surface area contributed by atoms with Gasteiger partial charge in [-0.25, -0.2) is 4.79 Å². The van der Waals surface area contributed by atoms with Crippen molar-refractivity contribution in [3.8, 4) is 0 Å². The van der Waals surface area contributed by atoms with E-state index in [-0.39, 0.29) is 23.6 Å². The predicted octanol–water partition coefficient (Wildman–Crippen LogP) is 4.40. The third kappa shape index (κ3) is 6.94. The summed E-state index contributed by atoms with van der Waals surface area (Å²) in [6.07, 6.45) is 0.737. The molecule has 3 rings (SSSR count). The van der Waals surface area contributed by atoms with E-state index >= 15 is 0 Å². The summed E-state index contributed by atoms with van der Waals surface area (Å²) in [4.78, 5) is 37.3. The second kappa shape index (κ2) is 12.9. The normalized spacial score (nSPS) is 11.6. The van der Waals surface area contributed by atoms with Gasteiger partial charge in [0.1, 0.15) is 0 Å². The van der Waals surface area contributed by atoms with Crippen molar-refractivity contribution in [3.05, 3.63) is 71.0 Å². The van der Waals surface area contributed by atoms with E-state index in [0.29, 0.717) is 40.9 Å². The van der Waals surface area contributed by atoms with Crippen molar-refractivity contribution in [2.45, 2.75) is 51.9 Å². The molecule has 2 amide bonds. The molecular weight excluding hydrogens is 478 g/mol. The Morgan fingerprint density at radius 1 is 1.08 bits per heavy atom. The predicted molar refractivity (Wildman–Crippen MR) is 139 cm³/mol. The number of aryl methyl sites for hydroxylation is 1. The number of carbonyl (C=O) groups is 3. The van der Waals surface area contributed by atoms with Gasteiger partial charge in [-0.1, -0.05) is 43.0 Å². The van der Waals surface area contributed by atoms with Crippen LogP contribution < -0.4 is 10.6 Å². The van der Waals surface area contributed by atoms with Crippen molar-refractivity contribution in [2.75, 3.05) is 17.7 Å². The van der Waals surface area contributed by atoms with Gasteiger partial charge < -0.3 is 19.9 Å². The molecule has 3 aromatic rings. The van der Waals surface area contributed by atoms with Gasteiger partial charge in [0.25, 0.3) is 5.91 Å². The third-order valence-corrected chi connectivity index (χ3v) is 6.30. The summed E-state index contributed by atoms with van der Waals surface area (Å²) in [6, 6.07) is 13.7. The van der Waals surface area contributed by atoms with E-state index in [2.05, 4.69) is 20.8 Å². The van der Waals surface area contributed by atoms with Crippen molar-refractivity contribution in [1.29, 1.82) is 0 Å². The summed E-state index contributed by atoms with van der Waals surface area (Å²) in [5.74, 6) is -0.130. The molecule has 0 unspecified atom stereocenters. The molecule has 0 aliphatic rings. The highest BCUT2D eigenvalue weighted by molar-refractivity contribution is 7.99. The van der Waals surface area contributed by atoms with Gasteiger partial charge in [0.2, 0.25) is 5.91 Å². The fraction of sp³-hybridized carbons (Fsp3) is 0.346. The molecule has 9 nitrogen and oxygen atoms in total. The average Bonchev–Trinajstić information content (AvgIpc) is 3.29. The van der Waals surface area contributed by atoms with Crippen LogP contribution in [-0.4, -0.2) is 44.9 Å². The van der Waals surface area contributed by atoms with Crippen molar-refractivity contribution in [2.24, 2.45) is 0 Å². The van der Waals surface area contributed by atoms with Gasteiger partial charge in [0, 0.05) is 17.8 Å². The number of rotatable bonds is 11. The van der Waals surface area contributed by atoms with E-state index < -0.39 is 5.97 Å². The number of hydrogen-bond donors (Lipinski definition) is 2. The molecule has 0 bridgehead atoms. The van der Waals surface area contributed by atoms with Crippen molar-refractivity contribution >= 4 is 35.2 Å². The van der Waals surface area contributed by atoms with E-state index in [1.807, 2.05) is 50.5 Å². The van der Waals surface area contributed by atoms with Crippen LogP contribution in [0, 0.1) is 6.92 Å². The Morgan fingerprint density at radius 3 is 2.58 bits per heavy atom. The lowest BCUT2D eigenvalue weighted by molar-refractivity contribution is -0.113. The third-order valence-electron chi connectivity index (χ3n) is 5.34. The molecule has 0 spiro atoms. The fourth-order valence-electron chi connectivity index (χ4n) is 3.52. The van der Waals surface area contributed by atoms with Gasteiger partial charge in [0.05, 0.1) is 24.0 Å². The molecule has 0 aliphatic carbocycles. The van der Waals surface area contributed by atoms with Crippen LogP contribution >= 0.6 is 11.8 Å². The quantitative estimate of drug-likeness (QED) is 0.291. The van der Waals surface area contributed by atoms with Crippen LogP contribution in [0.3, 0.4) is 0 Å². The fourth-order valence-corrected chi connectivity index (χ4v) is 4.33. The number of benzene rings is 2. The van der Waals surface area contributed by atoms with E-state index in [9.17, 15) is 14.4 Å². The standard InChI is InChI=1S/C26H31N5O4S/c1-5-14-35-25(34)19-11-9-12-20(15-19)28-22(32)16-36-26-30-29-23(31(26)6-2)18(4)27-24(33)21-13-8-7-10-17(21)3/h7-13,15,18H,5-6,14,16H2,1-4H3,(H,27,33)(H,28,32)/t18-/m0/s1. The number of amides is 2. The maximum absolute atomic E-state index is 12.7. The maximum atomic E-state index is 12.7. The van der Waals surface area contributed by atoms with E-state index in [4.69, 9.17) is 4.74 Å². The first-order valence-corrected chi connectivity index (χ1v) is 12.8. The Balaban J connectivity index is 1.60. The van der Waals surface area contributed by atoms with E-state index in [1.165, 1.54) is 11.8 Å². The summed E-state index contributed by atoms with van der Waals surface area (Å²) in [5.41, 5.74) is 2.40. The number of hydrogen-bond acceptors (Lipinski definition) is 7. The number of esters is 1. The van der Waals surface area contributed by atoms with Gasteiger partial charge in [-0.15, -0.1) is 10.2 Å². The van der Waals surface area contributed by atoms with Gasteiger partial charge >= 0.3 is 5.97 Å². The largest absolute Gasteiger partial charge is 0.462 e. The molecule has 190 valence electrons. The van der Waals surface area contributed by atoms with Crippen molar-refractivity contribution in [3.63, 3.8) is 0 Å². The summed E-state index contributed by atoms with van der Waals surface area (Å²) in [6.45, 7) is 8.55. The van der Waals surface area contributed by atoms with E-state index in [1.54, 1.807) is 30.3 Å². The van der Waals surface area contributed by atoms with Crippen LogP contribution in [0.1, 0.15) is 65.3 Å². The van der Waals surface area contributed by atoms with Crippen LogP contribution in [0.25, 0.3) is 0 Å². The molecule has 1 heterocycles. The summed E-state index contributed by atoms with van der Waals surface area (Å²) < 4.78 is 7.02. The van der Waals surface area contributed by atoms with Crippen molar-refractivity contribution < 1.29 is 19.1 Å². The first-order chi connectivity index (χ1) is 17.3. The van der Waals surface area contributed by atoms with Gasteiger partial charge in [-0.2, -0.15) is 0 Å². The van der Waals surface area contributed by atoms with Gasteiger partial charge in [-0.3, -0.25) is 9.59 Å². The molecular formula is C26H31N5O4S. The van der Waals surface area contributed by atoms with Gasteiger partial charge in [0.15, 0.2) is 11.0 Å².